The minimum atomic E-state index is -0.114. The van der Waals surface area contributed by atoms with Crippen molar-refractivity contribution in [1.82, 2.24) is 24.5 Å². The second-order valence-electron chi connectivity index (χ2n) is 7.99. The zero-order valence-corrected chi connectivity index (χ0v) is 19.5. The Bertz CT molecular complexity index is 1240. The summed E-state index contributed by atoms with van der Waals surface area (Å²) in [5.41, 5.74) is 4.80. The number of carbonyl (C=O) groups is 1. The van der Waals surface area contributed by atoms with Crippen LogP contribution < -0.4 is 0 Å². The van der Waals surface area contributed by atoms with E-state index in [1.165, 1.54) is 11.6 Å². The average molecular weight is 460 g/mol. The molecule has 33 heavy (non-hydrogen) atoms. The van der Waals surface area contributed by atoms with Crippen molar-refractivity contribution in [2.75, 3.05) is 7.05 Å². The molecule has 2 aromatic heterocycles. The molecule has 0 aliphatic rings. The Morgan fingerprint density at radius 2 is 1.64 bits per heavy atom. The maximum atomic E-state index is 12.7. The predicted molar refractivity (Wildman–Crippen MR) is 131 cm³/mol. The summed E-state index contributed by atoms with van der Waals surface area (Å²) in [6, 6.07) is 20.2. The topological polar surface area (TPSA) is 56.0 Å². The van der Waals surface area contributed by atoms with Crippen LogP contribution in [0.1, 0.15) is 27.9 Å². The van der Waals surface area contributed by atoms with E-state index < -0.39 is 0 Å². The van der Waals surface area contributed by atoms with E-state index in [4.69, 9.17) is 11.6 Å². The van der Waals surface area contributed by atoms with Crippen LogP contribution >= 0.6 is 11.6 Å². The van der Waals surface area contributed by atoms with Gasteiger partial charge in [0.15, 0.2) is 0 Å². The van der Waals surface area contributed by atoms with E-state index in [9.17, 15) is 4.79 Å². The fourth-order valence-electron chi connectivity index (χ4n) is 3.60. The summed E-state index contributed by atoms with van der Waals surface area (Å²) in [7, 11) is 1.77. The third-order valence-corrected chi connectivity index (χ3v) is 5.75. The molecular formula is C26H26ClN5O. The number of hydrogen-bond acceptors (Lipinski definition) is 3. The van der Waals surface area contributed by atoms with Gasteiger partial charge in [0.25, 0.3) is 0 Å². The van der Waals surface area contributed by atoms with Crippen molar-refractivity contribution in [2.24, 2.45) is 0 Å². The summed E-state index contributed by atoms with van der Waals surface area (Å²) in [6.45, 7) is 3.64. The van der Waals surface area contributed by atoms with E-state index in [1.54, 1.807) is 28.9 Å². The lowest BCUT2D eigenvalue weighted by atomic mass is 10.2. The molecule has 0 N–H and O–H groups in total. The molecule has 0 aliphatic carbocycles. The van der Waals surface area contributed by atoms with Gasteiger partial charge in [0.05, 0.1) is 25.0 Å². The number of aromatic nitrogens is 4. The van der Waals surface area contributed by atoms with Crippen LogP contribution in [0.4, 0.5) is 0 Å². The molecule has 0 bridgehead atoms. The molecule has 6 nitrogen and oxygen atoms in total. The summed E-state index contributed by atoms with van der Waals surface area (Å²) in [6.07, 6.45) is 7.04. The summed E-state index contributed by atoms with van der Waals surface area (Å²) >= 11 is 6.55. The number of amides is 1. The van der Waals surface area contributed by atoms with Gasteiger partial charge in [0.1, 0.15) is 5.15 Å². The number of hydrogen-bond donors (Lipinski definition) is 0. The van der Waals surface area contributed by atoms with Crippen molar-refractivity contribution in [3.05, 3.63) is 112 Å². The maximum absolute atomic E-state index is 12.7. The van der Waals surface area contributed by atoms with Gasteiger partial charge in [-0.2, -0.15) is 10.2 Å². The van der Waals surface area contributed by atoms with Crippen LogP contribution in [0.15, 0.2) is 79.1 Å². The highest BCUT2D eigenvalue weighted by molar-refractivity contribution is 6.31. The molecule has 7 heteroatoms. The molecule has 0 radical (unpaired) electrons. The Morgan fingerprint density at radius 3 is 2.30 bits per heavy atom. The van der Waals surface area contributed by atoms with E-state index in [2.05, 4.69) is 22.3 Å². The van der Waals surface area contributed by atoms with Crippen molar-refractivity contribution in [3.8, 4) is 0 Å². The van der Waals surface area contributed by atoms with E-state index in [0.29, 0.717) is 24.8 Å². The fourth-order valence-corrected chi connectivity index (χ4v) is 3.89. The molecule has 0 aliphatic heterocycles. The maximum Gasteiger partial charge on any atom is 0.246 e. The lowest BCUT2D eigenvalue weighted by molar-refractivity contribution is -0.125. The van der Waals surface area contributed by atoms with E-state index in [1.807, 2.05) is 66.3 Å². The number of rotatable bonds is 8. The second-order valence-corrected chi connectivity index (χ2v) is 8.35. The fraction of sp³-hybridized carbons (Fsp3) is 0.192. The molecule has 2 aromatic carbocycles. The number of carbonyl (C=O) groups excluding carboxylic acids is 1. The molecule has 0 atom stereocenters. The zero-order chi connectivity index (χ0) is 23.2. The molecule has 0 saturated carbocycles. The average Bonchev–Trinajstić information content (AvgIpc) is 3.36. The Labute approximate surface area is 198 Å². The standard InChI is InChI=1S/C26H26ClN5O/c1-20-24(26(27)32(29-20)19-22-11-7-4-8-12-22)13-14-25(33)30(2)16-23-15-28-31(18-23)17-21-9-5-3-6-10-21/h3-15,18H,16-17,19H2,1-2H3/b14-13+. The minimum absolute atomic E-state index is 0.114. The lowest BCUT2D eigenvalue weighted by Gasteiger charge is -2.13. The van der Waals surface area contributed by atoms with Crippen LogP contribution in [0.5, 0.6) is 0 Å². The van der Waals surface area contributed by atoms with Gasteiger partial charge in [-0.25, -0.2) is 4.68 Å². The molecule has 0 fully saturated rings. The van der Waals surface area contributed by atoms with E-state index in [-0.39, 0.29) is 5.91 Å². The highest BCUT2D eigenvalue weighted by Crippen LogP contribution is 2.22. The first kappa shape index (κ1) is 22.6. The van der Waals surface area contributed by atoms with Crippen LogP contribution in [0.2, 0.25) is 5.15 Å². The third kappa shape index (κ3) is 5.79. The van der Waals surface area contributed by atoms with Gasteiger partial charge >= 0.3 is 0 Å². The van der Waals surface area contributed by atoms with E-state index in [0.717, 1.165) is 22.4 Å². The molecule has 4 aromatic rings. The zero-order valence-electron chi connectivity index (χ0n) is 18.7. The number of likely N-dealkylation sites (N-methyl/N-ethyl adjacent to an activating group) is 1. The first-order chi connectivity index (χ1) is 16.0. The van der Waals surface area contributed by atoms with Crippen molar-refractivity contribution < 1.29 is 4.79 Å². The predicted octanol–water partition coefficient (Wildman–Crippen LogP) is 4.81. The van der Waals surface area contributed by atoms with Crippen LogP contribution in [0.25, 0.3) is 6.08 Å². The van der Waals surface area contributed by atoms with Crippen molar-refractivity contribution in [3.63, 3.8) is 0 Å². The number of aryl methyl sites for hydroxylation is 1. The van der Waals surface area contributed by atoms with Crippen LogP contribution in [-0.4, -0.2) is 37.4 Å². The van der Waals surface area contributed by atoms with Gasteiger partial charge in [0, 0.05) is 37.0 Å². The summed E-state index contributed by atoms with van der Waals surface area (Å²) < 4.78 is 3.63. The Balaban J connectivity index is 1.37. The summed E-state index contributed by atoms with van der Waals surface area (Å²) in [5, 5.41) is 9.46. The number of nitrogens with zero attached hydrogens (tertiary/aromatic N) is 5. The molecule has 2 heterocycles. The number of benzene rings is 2. The second kappa shape index (κ2) is 10.3. The molecule has 0 spiro atoms. The van der Waals surface area contributed by atoms with Crippen LogP contribution in [0.3, 0.4) is 0 Å². The van der Waals surface area contributed by atoms with E-state index >= 15 is 0 Å². The SMILES string of the molecule is Cc1nn(Cc2ccccc2)c(Cl)c1/C=C/C(=O)N(C)Cc1cnn(Cc2ccccc2)c1. The van der Waals surface area contributed by atoms with Gasteiger partial charge in [0.2, 0.25) is 5.91 Å². The monoisotopic (exact) mass is 459 g/mol. The smallest absolute Gasteiger partial charge is 0.246 e. The summed E-state index contributed by atoms with van der Waals surface area (Å²) in [4.78, 5) is 14.3. The van der Waals surface area contributed by atoms with Crippen LogP contribution in [-0.2, 0) is 24.4 Å². The summed E-state index contributed by atoms with van der Waals surface area (Å²) in [5.74, 6) is -0.114. The Hall–Kier alpha value is -3.64. The largest absolute Gasteiger partial charge is 0.338 e. The van der Waals surface area contributed by atoms with Gasteiger partial charge in [-0.3, -0.25) is 9.48 Å². The van der Waals surface area contributed by atoms with Gasteiger partial charge < -0.3 is 4.90 Å². The van der Waals surface area contributed by atoms with Gasteiger partial charge in [-0.15, -0.1) is 0 Å². The molecule has 1 amide bonds. The molecule has 0 unspecified atom stereocenters. The number of halogens is 1. The first-order valence-corrected chi connectivity index (χ1v) is 11.1. The quantitative estimate of drug-likeness (QED) is 0.355. The van der Waals surface area contributed by atoms with Crippen molar-refractivity contribution >= 4 is 23.6 Å². The van der Waals surface area contributed by atoms with Crippen molar-refractivity contribution in [1.29, 1.82) is 0 Å². The lowest BCUT2D eigenvalue weighted by Crippen LogP contribution is -2.23. The van der Waals surface area contributed by atoms with Crippen LogP contribution in [0, 0.1) is 6.92 Å². The minimum Gasteiger partial charge on any atom is -0.338 e. The Morgan fingerprint density at radius 1 is 1.00 bits per heavy atom. The molecule has 0 saturated heterocycles. The molecular weight excluding hydrogens is 434 g/mol. The highest BCUT2D eigenvalue weighted by atomic mass is 35.5. The molecule has 168 valence electrons. The van der Waals surface area contributed by atoms with Crippen molar-refractivity contribution in [2.45, 2.75) is 26.6 Å². The van der Waals surface area contributed by atoms with Gasteiger partial charge in [-0.1, -0.05) is 72.3 Å². The third-order valence-electron chi connectivity index (χ3n) is 5.35. The highest BCUT2D eigenvalue weighted by Gasteiger charge is 2.13. The molecule has 4 rings (SSSR count). The van der Waals surface area contributed by atoms with Gasteiger partial charge in [-0.05, 0) is 24.1 Å². The first-order valence-electron chi connectivity index (χ1n) is 10.7. The normalized spacial score (nSPS) is 11.2. The Kier molecular flexibility index (Phi) is 7.05.